The molecule has 2 nitrogen and oxygen atoms in total. The fraction of sp³-hybridized carbons (Fsp3) is 1.00. The van der Waals surface area contributed by atoms with Gasteiger partial charge in [-0.2, -0.15) is 0 Å². The Labute approximate surface area is 101 Å². The highest BCUT2D eigenvalue weighted by molar-refractivity contribution is 4.94. The van der Waals surface area contributed by atoms with Crippen molar-refractivity contribution in [1.82, 2.24) is 0 Å². The first-order valence-corrected chi connectivity index (χ1v) is 6.97. The summed E-state index contributed by atoms with van der Waals surface area (Å²) >= 11 is 0. The topological polar surface area (TPSA) is 46.2 Å². The minimum absolute atomic E-state index is 0.00829. The van der Waals surface area contributed by atoms with Crippen LogP contribution in [0.1, 0.15) is 59.3 Å². The van der Waals surface area contributed by atoms with Gasteiger partial charge in [0.2, 0.25) is 0 Å². The van der Waals surface area contributed by atoms with E-state index in [1.807, 2.05) is 0 Å². The van der Waals surface area contributed by atoms with Crippen molar-refractivity contribution in [3.63, 3.8) is 0 Å². The maximum Gasteiger partial charge on any atom is 0.0633 e. The fourth-order valence-electron chi connectivity index (χ4n) is 3.27. The molecule has 1 aliphatic carbocycles. The fourth-order valence-corrected chi connectivity index (χ4v) is 3.27. The van der Waals surface area contributed by atoms with Crippen LogP contribution in [-0.2, 0) is 0 Å². The van der Waals surface area contributed by atoms with Crippen molar-refractivity contribution >= 4 is 0 Å². The summed E-state index contributed by atoms with van der Waals surface area (Å²) in [6.45, 7) is 7.21. The summed E-state index contributed by atoms with van der Waals surface area (Å²) in [7, 11) is 0. The van der Waals surface area contributed by atoms with Crippen molar-refractivity contribution in [2.45, 2.75) is 65.4 Å². The zero-order valence-electron chi connectivity index (χ0n) is 11.2. The second-order valence-corrected chi connectivity index (χ2v) is 5.77. The van der Waals surface area contributed by atoms with Gasteiger partial charge in [-0.3, -0.25) is 0 Å². The molecule has 1 rings (SSSR count). The quantitative estimate of drug-likeness (QED) is 0.758. The van der Waals surface area contributed by atoms with Gasteiger partial charge in [0, 0.05) is 12.0 Å². The van der Waals surface area contributed by atoms with Gasteiger partial charge in [0.1, 0.15) is 0 Å². The van der Waals surface area contributed by atoms with Crippen molar-refractivity contribution in [2.24, 2.45) is 23.0 Å². The molecule has 0 aromatic rings. The molecule has 0 aromatic heterocycles. The summed E-state index contributed by atoms with van der Waals surface area (Å²) in [4.78, 5) is 0. The molecule has 0 aromatic carbocycles. The number of aliphatic hydroxyl groups is 1. The smallest absolute Gasteiger partial charge is 0.0633 e. The van der Waals surface area contributed by atoms with Crippen LogP contribution < -0.4 is 5.73 Å². The lowest BCUT2D eigenvalue weighted by atomic mass is 9.63. The number of aliphatic hydroxyl groups excluding tert-OH is 1. The second kappa shape index (κ2) is 6.02. The Morgan fingerprint density at radius 1 is 1.44 bits per heavy atom. The zero-order valence-corrected chi connectivity index (χ0v) is 11.2. The minimum atomic E-state index is -0.211. The lowest BCUT2D eigenvalue weighted by Gasteiger charge is -2.45. The molecule has 1 fully saturated rings. The average molecular weight is 227 g/mol. The first-order chi connectivity index (χ1) is 7.59. The van der Waals surface area contributed by atoms with Gasteiger partial charge in [0.25, 0.3) is 0 Å². The van der Waals surface area contributed by atoms with Crippen LogP contribution >= 0.6 is 0 Å². The molecule has 0 bridgehead atoms. The first-order valence-electron chi connectivity index (χ1n) is 6.97. The summed E-state index contributed by atoms with van der Waals surface area (Å²) in [5.41, 5.74) is 6.00. The van der Waals surface area contributed by atoms with E-state index in [-0.39, 0.29) is 11.5 Å². The van der Waals surface area contributed by atoms with Gasteiger partial charge in [-0.05, 0) is 24.7 Å². The molecule has 0 spiro atoms. The number of hydrogen-bond acceptors (Lipinski definition) is 2. The Balaban J connectivity index is 2.75. The maximum absolute atomic E-state index is 10.5. The van der Waals surface area contributed by atoms with Crippen molar-refractivity contribution in [3.8, 4) is 0 Å². The molecule has 0 aliphatic heterocycles. The van der Waals surface area contributed by atoms with E-state index in [2.05, 4.69) is 20.8 Å². The number of nitrogens with two attached hydrogens (primary N) is 1. The number of rotatable bonds is 5. The Morgan fingerprint density at radius 3 is 2.62 bits per heavy atom. The van der Waals surface area contributed by atoms with E-state index in [4.69, 9.17) is 5.73 Å². The van der Waals surface area contributed by atoms with Crippen molar-refractivity contribution in [2.75, 3.05) is 6.54 Å². The highest BCUT2D eigenvalue weighted by atomic mass is 16.3. The molecule has 1 saturated carbocycles. The molecular weight excluding hydrogens is 198 g/mol. The molecule has 0 saturated heterocycles. The van der Waals surface area contributed by atoms with Gasteiger partial charge in [-0.1, -0.05) is 46.5 Å². The van der Waals surface area contributed by atoms with E-state index >= 15 is 0 Å². The Bertz CT molecular complexity index is 205. The predicted octanol–water partition coefficient (Wildman–Crippen LogP) is 2.94. The third-order valence-corrected chi connectivity index (χ3v) is 4.78. The predicted molar refractivity (Wildman–Crippen MR) is 69.2 cm³/mol. The third-order valence-electron chi connectivity index (χ3n) is 4.78. The zero-order chi connectivity index (χ0) is 12.2. The standard InChI is InChI=1S/C14H29NO/c1-4-11(3)13(16)14(10-15)8-6-7-12(5-2)9-14/h11-13,16H,4-10,15H2,1-3H3. The Morgan fingerprint density at radius 2 is 2.12 bits per heavy atom. The van der Waals surface area contributed by atoms with Crippen molar-refractivity contribution < 1.29 is 5.11 Å². The largest absolute Gasteiger partial charge is 0.392 e. The maximum atomic E-state index is 10.5. The van der Waals surface area contributed by atoms with Gasteiger partial charge >= 0.3 is 0 Å². The normalized spacial score (nSPS) is 34.7. The van der Waals surface area contributed by atoms with Crippen molar-refractivity contribution in [1.29, 1.82) is 0 Å². The molecule has 4 unspecified atom stereocenters. The minimum Gasteiger partial charge on any atom is -0.392 e. The molecule has 4 atom stereocenters. The van der Waals surface area contributed by atoms with Crippen LogP contribution in [0.5, 0.6) is 0 Å². The molecule has 0 amide bonds. The lowest BCUT2D eigenvalue weighted by molar-refractivity contribution is -0.0460. The van der Waals surface area contributed by atoms with Gasteiger partial charge in [-0.15, -0.1) is 0 Å². The van der Waals surface area contributed by atoms with Crippen LogP contribution in [0.4, 0.5) is 0 Å². The number of hydrogen-bond donors (Lipinski definition) is 2. The summed E-state index contributed by atoms with van der Waals surface area (Å²) < 4.78 is 0. The van der Waals surface area contributed by atoms with E-state index in [0.29, 0.717) is 12.5 Å². The average Bonchev–Trinajstić information content (AvgIpc) is 2.36. The van der Waals surface area contributed by atoms with Crippen LogP contribution in [0.3, 0.4) is 0 Å². The van der Waals surface area contributed by atoms with Gasteiger partial charge < -0.3 is 10.8 Å². The van der Waals surface area contributed by atoms with Crippen LogP contribution in [0.15, 0.2) is 0 Å². The van der Waals surface area contributed by atoms with E-state index in [0.717, 1.165) is 25.2 Å². The van der Waals surface area contributed by atoms with E-state index in [1.54, 1.807) is 0 Å². The van der Waals surface area contributed by atoms with Crippen molar-refractivity contribution in [3.05, 3.63) is 0 Å². The second-order valence-electron chi connectivity index (χ2n) is 5.77. The monoisotopic (exact) mass is 227 g/mol. The molecule has 1 aliphatic rings. The lowest BCUT2D eigenvalue weighted by Crippen LogP contribution is -2.48. The van der Waals surface area contributed by atoms with Gasteiger partial charge in [0.15, 0.2) is 0 Å². The van der Waals surface area contributed by atoms with E-state index in [1.165, 1.54) is 19.3 Å². The van der Waals surface area contributed by atoms with E-state index in [9.17, 15) is 5.11 Å². The summed E-state index contributed by atoms with van der Waals surface area (Å²) in [5, 5.41) is 10.5. The SMILES string of the molecule is CCC1CCCC(CN)(C(O)C(C)CC)C1. The third kappa shape index (κ3) is 2.78. The highest BCUT2D eigenvalue weighted by Crippen LogP contribution is 2.44. The molecule has 2 heteroatoms. The van der Waals surface area contributed by atoms with Crippen LogP contribution in [0.25, 0.3) is 0 Å². The summed E-state index contributed by atoms with van der Waals surface area (Å²) in [5.74, 6) is 1.15. The van der Waals surface area contributed by atoms with E-state index < -0.39 is 0 Å². The van der Waals surface area contributed by atoms with Crippen LogP contribution in [0.2, 0.25) is 0 Å². The molecular formula is C14H29NO. The first kappa shape index (κ1) is 14.0. The molecule has 0 radical (unpaired) electrons. The molecule has 96 valence electrons. The van der Waals surface area contributed by atoms with Gasteiger partial charge in [-0.25, -0.2) is 0 Å². The molecule has 0 heterocycles. The van der Waals surface area contributed by atoms with Crippen LogP contribution in [0, 0.1) is 17.3 Å². The summed E-state index contributed by atoms with van der Waals surface area (Å²) in [6, 6.07) is 0. The molecule has 16 heavy (non-hydrogen) atoms. The molecule has 3 N–H and O–H groups in total. The Hall–Kier alpha value is -0.0800. The van der Waals surface area contributed by atoms with Gasteiger partial charge in [0.05, 0.1) is 6.10 Å². The Kier molecular flexibility index (Phi) is 5.26. The summed E-state index contributed by atoms with van der Waals surface area (Å²) in [6.07, 6.45) is 6.87. The van der Waals surface area contributed by atoms with Crippen LogP contribution in [-0.4, -0.2) is 17.8 Å². The highest BCUT2D eigenvalue weighted by Gasteiger charge is 2.42.